The summed E-state index contributed by atoms with van der Waals surface area (Å²) in [6.07, 6.45) is 2.06. The molecule has 0 aliphatic carbocycles. The number of esters is 1. The number of carbonyl (C=O) groups is 3. The lowest BCUT2D eigenvalue weighted by Gasteiger charge is -2.18. The second kappa shape index (κ2) is 13.4. The molecule has 0 radical (unpaired) electrons. The van der Waals surface area contributed by atoms with E-state index >= 15 is 0 Å². The Morgan fingerprint density at radius 3 is 2.31 bits per heavy atom. The number of carbonyl (C=O) groups excluding carboxylic acids is 3. The molecule has 0 atom stereocenters. The van der Waals surface area contributed by atoms with Crippen molar-refractivity contribution in [1.82, 2.24) is 15.5 Å². The number of nitrogens with one attached hydrogen (secondary N) is 3. The van der Waals surface area contributed by atoms with Crippen molar-refractivity contribution in [3.05, 3.63) is 42.0 Å². The molecule has 2 amide bonds. The first-order chi connectivity index (χ1) is 13.9. The summed E-state index contributed by atoms with van der Waals surface area (Å²) in [5.74, 6) is -1.31. The summed E-state index contributed by atoms with van der Waals surface area (Å²) in [5.41, 5.74) is 1.15. The third-order valence-corrected chi connectivity index (χ3v) is 4.11. The molecule has 0 fully saturated rings. The summed E-state index contributed by atoms with van der Waals surface area (Å²) in [6.45, 7) is 9.35. The average molecular weight is 421 g/mol. The largest absolute Gasteiger partial charge is 0.463 e. The fraction of sp³-hybridized carbons (Fsp3) is 0.400. The number of likely N-dealkylation sites (N-methyl/N-ethyl adjacent to an activating group) is 1. The van der Waals surface area contributed by atoms with Gasteiger partial charge in [-0.15, -0.1) is 0 Å². The minimum Gasteiger partial charge on any atom is -0.463 e. The molecule has 8 nitrogen and oxygen atoms in total. The maximum atomic E-state index is 12.2. The molecule has 0 aliphatic rings. The highest BCUT2D eigenvalue weighted by Crippen LogP contribution is 2.09. The van der Waals surface area contributed by atoms with Gasteiger partial charge < -0.3 is 20.3 Å². The van der Waals surface area contributed by atoms with Crippen LogP contribution in [0.4, 0.5) is 5.69 Å². The summed E-state index contributed by atoms with van der Waals surface area (Å²) in [5, 5.41) is 8.21. The standard InChI is InChI=1S/C20H28N4O4S/c1-4-24(5-2)14-13-21-19(27)15-7-9-16(10-8-15)22-20(29)23-17(25)11-12-18(26)28-6-3/h7-12H,4-6,13-14H2,1-3H3,(H,21,27)(H2,22,23,25,29)/b12-11+. The molecule has 1 aromatic carbocycles. The number of hydrogen-bond acceptors (Lipinski definition) is 6. The third-order valence-electron chi connectivity index (χ3n) is 3.91. The van der Waals surface area contributed by atoms with Gasteiger partial charge in [0.05, 0.1) is 6.61 Å². The summed E-state index contributed by atoms with van der Waals surface area (Å²) in [7, 11) is 0. The van der Waals surface area contributed by atoms with E-state index in [2.05, 4.69) is 39.4 Å². The molecular formula is C20H28N4O4S. The van der Waals surface area contributed by atoms with Gasteiger partial charge >= 0.3 is 5.97 Å². The first-order valence-corrected chi connectivity index (χ1v) is 9.87. The average Bonchev–Trinajstić information content (AvgIpc) is 2.70. The maximum Gasteiger partial charge on any atom is 0.330 e. The van der Waals surface area contributed by atoms with Crippen molar-refractivity contribution >= 4 is 40.8 Å². The van der Waals surface area contributed by atoms with Crippen LogP contribution in [0.1, 0.15) is 31.1 Å². The molecule has 1 aromatic rings. The van der Waals surface area contributed by atoms with Crippen LogP contribution in [-0.2, 0) is 14.3 Å². The number of thiocarbonyl (C=S) groups is 1. The molecule has 3 N–H and O–H groups in total. The van der Waals surface area contributed by atoms with Gasteiger partial charge in [0.15, 0.2) is 5.11 Å². The molecule has 0 heterocycles. The highest BCUT2D eigenvalue weighted by atomic mass is 32.1. The van der Waals surface area contributed by atoms with Crippen LogP contribution in [-0.4, -0.2) is 60.6 Å². The van der Waals surface area contributed by atoms with Crippen molar-refractivity contribution < 1.29 is 19.1 Å². The minimum absolute atomic E-state index is 0.0694. The van der Waals surface area contributed by atoms with E-state index in [1.165, 1.54) is 0 Å². The van der Waals surface area contributed by atoms with Gasteiger partial charge in [-0.25, -0.2) is 4.79 Å². The molecular weight excluding hydrogens is 392 g/mol. The zero-order valence-electron chi connectivity index (χ0n) is 17.0. The number of ether oxygens (including phenoxy) is 1. The Balaban J connectivity index is 2.46. The Hall–Kier alpha value is -2.78. The van der Waals surface area contributed by atoms with Crippen LogP contribution in [0.15, 0.2) is 36.4 Å². The maximum absolute atomic E-state index is 12.2. The van der Waals surface area contributed by atoms with Gasteiger partial charge in [0.1, 0.15) is 0 Å². The normalized spacial score (nSPS) is 10.6. The lowest BCUT2D eigenvalue weighted by atomic mass is 10.2. The van der Waals surface area contributed by atoms with Crippen molar-refractivity contribution in [3.63, 3.8) is 0 Å². The lowest BCUT2D eigenvalue weighted by molar-refractivity contribution is -0.137. The first kappa shape index (κ1) is 24.3. The Morgan fingerprint density at radius 2 is 1.72 bits per heavy atom. The smallest absolute Gasteiger partial charge is 0.330 e. The van der Waals surface area contributed by atoms with Crippen molar-refractivity contribution in [2.24, 2.45) is 0 Å². The van der Waals surface area contributed by atoms with Gasteiger partial charge in [0.2, 0.25) is 5.91 Å². The first-order valence-electron chi connectivity index (χ1n) is 9.46. The number of amides is 2. The quantitative estimate of drug-likeness (QED) is 0.301. The molecule has 1 rings (SSSR count). The van der Waals surface area contributed by atoms with E-state index in [1.54, 1.807) is 31.2 Å². The fourth-order valence-electron chi connectivity index (χ4n) is 2.32. The van der Waals surface area contributed by atoms with Crippen LogP contribution >= 0.6 is 12.2 Å². The van der Waals surface area contributed by atoms with Crippen LogP contribution in [0.3, 0.4) is 0 Å². The van der Waals surface area contributed by atoms with Crippen LogP contribution < -0.4 is 16.0 Å². The van der Waals surface area contributed by atoms with Crippen molar-refractivity contribution in [2.45, 2.75) is 20.8 Å². The molecule has 0 saturated carbocycles. The van der Waals surface area contributed by atoms with Gasteiger partial charge in [0.25, 0.3) is 5.91 Å². The zero-order chi connectivity index (χ0) is 21.6. The Labute approximate surface area is 176 Å². The van der Waals surface area contributed by atoms with E-state index in [4.69, 9.17) is 12.2 Å². The Bertz CT molecular complexity index is 731. The number of nitrogens with zero attached hydrogens (tertiary/aromatic N) is 1. The van der Waals surface area contributed by atoms with Gasteiger partial charge in [0, 0.05) is 36.5 Å². The van der Waals surface area contributed by atoms with Gasteiger partial charge in [-0.1, -0.05) is 13.8 Å². The molecule has 158 valence electrons. The van der Waals surface area contributed by atoms with Crippen molar-refractivity contribution in [3.8, 4) is 0 Å². The SMILES string of the molecule is CCOC(=O)/C=C/C(=O)NC(=S)Nc1ccc(C(=O)NCCN(CC)CC)cc1. The summed E-state index contributed by atoms with van der Waals surface area (Å²) < 4.78 is 4.68. The second-order valence-electron chi connectivity index (χ2n) is 5.89. The van der Waals surface area contributed by atoms with Crippen molar-refractivity contribution in [1.29, 1.82) is 0 Å². The highest BCUT2D eigenvalue weighted by molar-refractivity contribution is 7.80. The number of anilines is 1. The van der Waals surface area contributed by atoms with Crippen LogP contribution in [0, 0.1) is 0 Å². The van der Waals surface area contributed by atoms with E-state index in [1.807, 2.05) is 0 Å². The number of rotatable bonds is 10. The van der Waals surface area contributed by atoms with Crippen LogP contribution in [0.5, 0.6) is 0 Å². The molecule has 9 heteroatoms. The summed E-state index contributed by atoms with van der Waals surface area (Å²) in [6, 6.07) is 6.71. The summed E-state index contributed by atoms with van der Waals surface area (Å²) in [4.78, 5) is 37.3. The van der Waals surface area contributed by atoms with Crippen LogP contribution in [0.2, 0.25) is 0 Å². The van der Waals surface area contributed by atoms with Gasteiger partial charge in [-0.3, -0.25) is 14.9 Å². The zero-order valence-corrected chi connectivity index (χ0v) is 17.8. The van der Waals surface area contributed by atoms with E-state index < -0.39 is 11.9 Å². The van der Waals surface area contributed by atoms with E-state index in [0.29, 0.717) is 17.8 Å². The molecule has 0 unspecified atom stereocenters. The van der Waals surface area contributed by atoms with Gasteiger partial charge in [-0.2, -0.15) is 0 Å². The predicted octanol–water partition coefficient (Wildman–Crippen LogP) is 1.69. The Kier molecular flexibility index (Phi) is 11.2. The topological polar surface area (TPSA) is 99.8 Å². The van der Waals surface area contributed by atoms with Crippen molar-refractivity contribution in [2.75, 3.05) is 38.1 Å². The third kappa shape index (κ3) is 9.82. The van der Waals surface area contributed by atoms with E-state index in [9.17, 15) is 14.4 Å². The summed E-state index contributed by atoms with van der Waals surface area (Å²) >= 11 is 5.06. The highest BCUT2D eigenvalue weighted by Gasteiger charge is 2.07. The van der Waals surface area contributed by atoms with Crippen LogP contribution in [0.25, 0.3) is 0 Å². The molecule has 0 aliphatic heterocycles. The molecule has 0 aromatic heterocycles. The van der Waals surface area contributed by atoms with Gasteiger partial charge in [-0.05, 0) is 56.5 Å². The fourth-order valence-corrected chi connectivity index (χ4v) is 2.54. The second-order valence-corrected chi connectivity index (χ2v) is 6.30. The predicted molar refractivity (Wildman–Crippen MR) is 117 cm³/mol. The minimum atomic E-state index is -0.604. The number of hydrogen-bond donors (Lipinski definition) is 3. The van der Waals surface area contributed by atoms with E-state index in [0.717, 1.165) is 31.8 Å². The van der Waals surface area contributed by atoms with E-state index in [-0.39, 0.29) is 17.6 Å². The molecule has 0 spiro atoms. The molecule has 0 bridgehead atoms. The number of benzene rings is 1. The molecule has 29 heavy (non-hydrogen) atoms. The Morgan fingerprint density at radius 1 is 1.07 bits per heavy atom. The molecule has 0 saturated heterocycles. The monoisotopic (exact) mass is 420 g/mol. The lowest BCUT2D eigenvalue weighted by Crippen LogP contribution is -2.34.